The number of benzene rings is 1. The van der Waals surface area contributed by atoms with E-state index in [1.807, 2.05) is 31.2 Å². The fourth-order valence-corrected chi connectivity index (χ4v) is 3.24. The van der Waals surface area contributed by atoms with Crippen LogP contribution in [0.5, 0.6) is 0 Å². The minimum Gasteiger partial charge on any atom is -0.313 e. The summed E-state index contributed by atoms with van der Waals surface area (Å²) in [6.07, 6.45) is -4.68. The third-order valence-electron chi connectivity index (χ3n) is 2.52. The molecule has 1 unspecified atom stereocenters. The Kier molecular flexibility index (Phi) is 7.25. The summed E-state index contributed by atoms with van der Waals surface area (Å²) in [5.41, 5.74) is 0. The van der Waals surface area contributed by atoms with Crippen molar-refractivity contribution < 1.29 is 13.2 Å². The van der Waals surface area contributed by atoms with Gasteiger partial charge in [-0.3, -0.25) is 0 Å². The summed E-state index contributed by atoms with van der Waals surface area (Å²) >= 11 is 4.95. The third kappa shape index (κ3) is 7.84. The Morgan fingerprint density at radius 3 is 2.68 bits per heavy atom. The molecule has 19 heavy (non-hydrogen) atoms. The normalized spacial score (nSPS) is 13.5. The lowest BCUT2D eigenvalue weighted by molar-refractivity contribution is -0.136. The quantitative estimate of drug-likeness (QED) is 0.700. The van der Waals surface area contributed by atoms with Crippen LogP contribution in [0.1, 0.15) is 19.8 Å². The lowest BCUT2D eigenvalue weighted by atomic mass is 10.2. The van der Waals surface area contributed by atoms with Gasteiger partial charge in [-0.15, -0.1) is 11.8 Å². The maximum atomic E-state index is 12.2. The molecule has 0 bridgehead atoms. The number of hydrogen-bond donors (Lipinski definition) is 1. The van der Waals surface area contributed by atoms with Crippen LogP contribution in [0.3, 0.4) is 0 Å². The van der Waals surface area contributed by atoms with E-state index in [1.165, 1.54) is 0 Å². The van der Waals surface area contributed by atoms with Crippen LogP contribution in [0.25, 0.3) is 0 Å². The van der Waals surface area contributed by atoms with E-state index >= 15 is 0 Å². The molecule has 0 aliphatic heterocycles. The second-order valence-electron chi connectivity index (χ2n) is 4.18. The van der Waals surface area contributed by atoms with Gasteiger partial charge in [0.2, 0.25) is 0 Å². The van der Waals surface area contributed by atoms with Crippen molar-refractivity contribution in [3.63, 3.8) is 0 Å². The molecule has 0 heterocycles. The second-order valence-corrected chi connectivity index (χ2v) is 6.19. The van der Waals surface area contributed by atoms with Gasteiger partial charge in [0.15, 0.2) is 0 Å². The second kappa shape index (κ2) is 8.17. The van der Waals surface area contributed by atoms with Crippen molar-refractivity contribution in [2.24, 2.45) is 0 Å². The first-order chi connectivity index (χ1) is 8.90. The molecular formula is C13H17BrF3NS. The number of halogens is 4. The van der Waals surface area contributed by atoms with Crippen molar-refractivity contribution in [2.75, 3.05) is 12.3 Å². The zero-order valence-corrected chi connectivity index (χ0v) is 13.0. The summed E-state index contributed by atoms with van der Waals surface area (Å²) in [7, 11) is 0. The molecular weight excluding hydrogens is 339 g/mol. The van der Waals surface area contributed by atoms with Crippen LogP contribution in [0.15, 0.2) is 33.6 Å². The summed E-state index contributed by atoms with van der Waals surface area (Å²) in [6, 6.07) is 7.66. The van der Waals surface area contributed by atoms with Gasteiger partial charge in [-0.1, -0.05) is 28.9 Å². The van der Waals surface area contributed by atoms with Gasteiger partial charge in [0.1, 0.15) is 0 Å². The van der Waals surface area contributed by atoms with E-state index in [9.17, 15) is 13.2 Å². The standard InChI is InChI=1S/C13H17BrF3NS/c1-2-18-11(6-7-13(15,16)17)9-19-12-5-3-4-10(14)8-12/h3-5,8,11,18H,2,6-7,9H2,1H3. The van der Waals surface area contributed by atoms with Crippen LogP contribution < -0.4 is 5.32 Å². The summed E-state index contributed by atoms with van der Waals surface area (Å²) < 4.78 is 37.7. The number of thioether (sulfide) groups is 1. The predicted molar refractivity (Wildman–Crippen MR) is 77.6 cm³/mol. The molecule has 0 aliphatic carbocycles. The zero-order valence-electron chi connectivity index (χ0n) is 10.6. The van der Waals surface area contributed by atoms with Crippen molar-refractivity contribution in [1.82, 2.24) is 5.32 Å². The Labute approximate surface area is 124 Å². The van der Waals surface area contributed by atoms with Gasteiger partial charge in [-0.05, 0) is 31.2 Å². The fraction of sp³-hybridized carbons (Fsp3) is 0.538. The molecule has 0 saturated heterocycles. The van der Waals surface area contributed by atoms with E-state index in [1.54, 1.807) is 11.8 Å². The zero-order chi connectivity index (χ0) is 14.3. The summed E-state index contributed by atoms with van der Waals surface area (Å²) in [6.45, 7) is 2.59. The fourth-order valence-electron chi connectivity index (χ4n) is 1.62. The van der Waals surface area contributed by atoms with Gasteiger partial charge in [-0.2, -0.15) is 13.2 Å². The molecule has 6 heteroatoms. The highest BCUT2D eigenvalue weighted by atomic mass is 79.9. The van der Waals surface area contributed by atoms with E-state index in [0.29, 0.717) is 12.3 Å². The van der Waals surface area contributed by atoms with Crippen LogP contribution in [-0.2, 0) is 0 Å². The lowest BCUT2D eigenvalue weighted by Crippen LogP contribution is -2.32. The molecule has 108 valence electrons. The van der Waals surface area contributed by atoms with E-state index in [4.69, 9.17) is 0 Å². The number of rotatable bonds is 7. The van der Waals surface area contributed by atoms with Gasteiger partial charge < -0.3 is 5.32 Å². The first-order valence-corrected chi connectivity index (χ1v) is 7.87. The average molecular weight is 356 g/mol. The highest BCUT2D eigenvalue weighted by molar-refractivity contribution is 9.10. The first kappa shape index (κ1) is 16.9. The number of hydrogen-bond acceptors (Lipinski definition) is 2. The summed E-state index contributed by atoms with van der Waals surface area (Å²) in [5, 5.41) is 3.11. The Morgan fingerprint density at radius 2 is 2.11 bits per heavy atom. The van der Waals surface area contributed by atoms with Crippen molar-refractivity contribution in [3.8, 4) is 0 Å². The van der Waals surface area contributed by atoms with E-state index in [0.717, 1.165) is 9.37 Å². The van der Waals surface area contributed by atoms with Gasteiger partial charge in [0.05, 0.1) is 0 Å². The maximum absolute atomic E-state index is 12.2. The lowest BCUT2D eigenvalue weighted by Gasteiger charge is -2.18. The molecule has 1 aromatic carbocycles. The molecule has 0 aromatic heterocycles. The molecule has 1 nitrogen and oxygen atoms in total. The Bertz CT molecular complexity index is 384. The van der Waals surface area contributed by atoms with Crippen molar-refractivity contribution in [1.29, 1.82) is 0 Å². The molecule has 1 rings (SSSR count). The Morgan fingerprint density at radius 1 is 1.37 bits per heavy atom. The van der Waals surface area contributed by atoms with Crippen molar-refractivity contribution >= 4 is 27.7 Å². The molecule has 1 atom stereocenters. The molecule has 0 amide bonds. The third-order valence-corrected chi connectivity index (χ3v) is 4.17. The largest absolute Gasteiger partial charge is 0.389 e. The van der Waals surface area contributed by atoms with E-state index < -0.39 is 12.6 Å². The summed E-state index contributed by atoms with van der Waals surface area (Å²) in [4.78, 5) is 1.06. The number of alkyl halides is 3. The molecule has 0 radical (unpaired) electrons. The van der Waals surface area contributed by atoms with Gasteiger partial charge in [0, 0.05) is 27.6 Å². The topological polar surface area (TPSA) is 12.0 Å². The highest BCUT2D eigenvalue weighted by Gasteiger charge is 2.28. The van der Waals surface area contributed by atoms with E-state index in [2.05, 4.69) is 21.2 Å². The minimum atomic E-state index is -4.08. The monoisotopic (exact) mass is 355 g/mol. The molecule has 1 N–H and O–H groups in total. The van der Waals surface area contributed by atoms with Gasteiger partial charge in [0.25, 0.3) is 0 Å². The highest BCUT2D eigenvalue weighted by Crippen LogP contribution is 2.26. The average Bonchev–Trinajstić information content (AvgIpc) is 2.32. The smallest absolute Gasteiger partial charge is 0.313 e. The maximum Gasteiger partial charge on any atom is 0.389 e. The molecule has 0 aliphatic rings. The van der Waals surface area contributed by atoms with Crippen LogP contribution in [0.2, 0.25) is 0 Å². The van der Waals surface area contributed by atoms with Crippen LogP contribution in [0.4, 0.5) is 13.2 Å². The minimum absolute atomic E-state index is 0.115. The molecule has 0 spiro atoms. The number of nitrogens with one attached hydrogen (secondary N) is 1. The van der Waals surface area contributed by atoms with Crippen LogP contribution >= 0.6 is 27.7 Å². The van der Waals surface area contributed by atoms with Crippen molar-refractivity contribution in [3.05, 3.63) is 28.7 Å². The molecule has 0 fully saturated rings. The van der Waals surface area contributed by atoms with E-state index in [-0.39, 0.29) is 12.5 Å². The van der Waals surface area contributed by atoms with Crippen molar-refractivity contribution in [2.45, 2.75) is 36.9 Å². The summed E-state index contributed by atoms with van der Waals surface area (Å²) in [5.74, 6) is 0.639. The Hall–Kier alpha value is -0.200. The van der Waals surface area contributed by atoms with Crippen LogP contribution in [0, 0.1) is 0 Å². The van der Waals surface area contributed by atoms with Crippen LogP contribution in [-0.4, -0.2) is 24.5 Å². The SMILES string of the molecule is CCNC(CCC(F)(F)F)CSc1cccc(Br)c1. The van der Waals surface area contributed by atoms with Gasteiger partial charge in [-0.25, -0.2) is 0 Å². The molecule has 0 saturated carbocycles. The predicted octanol–water partition coefficient (Wildman–Crippen LogP) is 4.86. The van der Waals surface area contributed by atoms with Gasteiger partial charge >= 0.3 is 6.18 Å². The first-order valence-electron chi connectivity index (χ1n) is 6.09. The molecule has 1 aromatic rings. The Balaban J connectivity index is 2.45.